The minimum absolute atomic E-state index is 0.0889. The summed E-state index contributed by atoms with van der Waals surface area (Å²) in [5, 5.41) is 4.03. The maximum atomic E-state index is 12.8. The summed E-state index contributed by atoms with van der Waals surface area (Å²) in [6.45, 7) is 0.399. The van der Waals surface area contributed by atoms with Crippen LogP contribution in [0.4, 0.5) is 0 Å². The van der Waals surface area contributed by atoms with Gasteiger partial charge in [-0.15, -0.1) is 0 Å². The van der Waals surface area contributed by atoms with E-state index in [9.17, 15) is 9.59 Å². The highest BCUT2D eigenvalue weighted by Crippen LogP contribution is 2.44. The van der Waals surface area contributed by atoms with Crippen molar-refractivity contribution in [3.63, 3.8) is 0 Å². The van der Waals surface area contributed by atoms with Gasteiger partial charge in [-0.05, 0) is 49.9 Å². The van der Waals surface area contributed by atoms with Crippen LogP contribution in [-0.2, 0) is 20.9 Å². The summed E-state index contributed by atoms with van der Waals surface area (Å²) in [7, 11) is 1.64. The van der Waals surface area contributed by atoms with Crippen molar-refractivity contribution in [3.05, 3.63) is 30.0 Å². The number of carbonyl (C=O) groups is 2. The lowest BCUT2D eigenvalue weighted by molar-refractivity contribution is -0.153. The summed E-state index contributed by atoms with van der Waals surface area (Å²) in [6.07, 6.45) is 4.95. The molecule has 2 aromatic rings. The van der Waals surface area contributed by atoms with Crippen LogP contribution in [0.5, 0.6) is 5.75 Å². The average molecular weight is 356 g/mol. The second-order valence-corrected chi connectivity index (χ2v) is 7.32. The van der Waals surface area contributed by atoms with Crippen LogP contribution in [0.2, 0.25) is 0 Å². The molecule has 1 amide bonds. The van der Waals surface area contributed by atoms with Crippen molar-refractivity contribution in [1.29, 1.82) is 0 Å². The van der Waals surface area contributed by atoms with E-state index in [-0.39, 0.29) is 24.2 Å². The van der Waals surface area contributed by atoms with Gasteiger partial charge in [0, 0.05) is 16.6 Å². The van der Waals surface area contributed by atoms with Gasteiger partial charge in [-0.3, -0.25) is 9.59 Å². The highest BCUT2D eigenvalue weighted by atomic mass is 16.6. The number of hydrogen-bond donors (Lipinski definition) is 2. The standard InChI is InChI=1S/C20H24N2O4/c1-25-15-5-6-17-13(10-15)9-14(22-17)12-21-19(24)16-11-18(23)26-20(16)7-3-2-4-8-20/h5-6,9-10,16,22H,2-4,7-8,11-12H2,1H3,(H,21,24)/t16-/m0/s1. The Kier molecular flexibility index (Phi) is 4.34. The maximum Gasteiger partial charge on any atom is 0.307 e. The van der Waals surface area contributed by atoms with Crippen molar-refractivity contribution in [2.24, 2.45) is 5.92 Å². The molecular weight excluding hydrogens is 332 g/mol. The van der Waals surface area contributed by atoms with Crippen molar-refractivity contribution in [3.8, 4) is 5.75 Å². The van der Waals surface area contributed by atoms with Crippen molar-refractivity contribution < 1.29 is 19.1 Å². The average Bonchev–Trinajstić information content (AvgIpc) is 3.20. The van der Waals surface area contributed by atoms with Gasteiger partial charge >= 0.3 is 5.97 Å². The first-order valence-electron chi connectivity index (χ1n) is 9.25. The number of fused-ring (bicyclic) bond motifs is 1. The van der Waals surface area contributed by atoms with Crippen molar-refractivity contribution in [1.82, 2.24) is 10.3 Å². The number of H-pyrrole nitrogens is 1. The maximum absolute atomic E-state index is 12.8. The molecule has 26 heavy (non-hydrogen) atoms. The Morgan fingerprint density at radius 2 is 2.12 bits per heavy atom. The topological polar surface area (TPSA) is 80.4 Å². The molecule has 0 bridgehead atoms. The van der Waals surface area contributed by atoms with Crippen LogP contribution >= 0.6 is 0 Å². The van der Waals surface area contributed by atoms with Crippen LogP contribution < -0.4 is 10.1 Å². The summed E-state index contributed by atoms with van der Waals surface area (Å²) in [6, 6.07) is 7.82. The molecule has 1 atom stereocenters. The second kappa shape index (κ2) is 6.67. The highest BCUT2D eigenvalue weighted by Gasteiger charge is 2.52. The normalized spacial score (nSPS) is 21.7. The lowest BCUT2D eigenvalue weighted by atomic mass is 9.75. The summed E-state index contributed by atoms with van der Waals surface area (Å²) in [4.78, 5) is 27.9. The van der Waals surface area contributed by atoms with E-state index in [2.05, 4.69) is 10.3 Å². The summed E-state index contributed by atoms with van der Waals surface area (Å²) in [5.74, 6) is 0.0893. The molecule has 1 saturated carbocycles. The molecule has 6 heteroatoms. The van der Waals surface area contributed by atoms with Gasteiger partial charge in [0.05, 0.1) is 26.0 Å². The summed E-state index contributed by atoms with van der Waals surface area (Å²) < 4.78 is 10.9. The number of esters is 1. The SMILES string of the molecule is COc1ccc2[nH]c(CNC(=O)[C@@H]3CC(=O)OC34CCCCC4)cc2c1. The predicted molar refractivity (Wildman–Crippen MR) is 96.7 cm³/mol. The number of carbonyl (C=O) groups excluding carboxylic acids is 2. The van der Waals surface area contributed by atoms with Crippen LogP contribution in [-0.4, -0.2) is 29.6 Å². The molecular formula is C20H24N2O4. The quantitative estimate of drug-likeness (QED) is 0.825. The summed E-state index contributed by atoms with van der Waals surface area (Å²) in [5.41, 5.74) is 1.34. The second-order valence-electron chi connectivity index (χ2n) is 7.32. The Hall–Kier alpha value is -2.50. The minimum Gasteiger partial charge on any atom is -0.497 e. The molecule has 2 fully saturated rings. The first kappa shape index (κ1) is 16.9. The van der Waals surface area contributed by atoms with Crippen molar-refractivity contribution >= 4 is 22.8 Å². The van der Waals surface area contributed by atoms with E-state index in [1.54, 1.807) is 7.11 Å². The zero-order chi connectivity index (χ0) is 18.1. The fourth-order valence-corrected chi connectivity index (χ4v) is 4.32. The number of aromatic nitrogens is 1. The van der Waals surface area contributed by atoms with E-state index in [4.69, 9.17) is 9.47 Å². The molecule has 138 valence electrons. The third kappa shape index (κ3) is 3.04. The van der Waals surface area contributed by atoms with Gasteiger partial charge in [0.1, 0.15) is 11.4 Å². The van der Waals surface area contributed by atoms with E-state index in [0.717, 1.165) is 54.5 Å². The third-order valence-electron chi connectivity index (χ3n) is 5.68. The molecule has 1 aliphatic carbocycles. The van der Waals surface area contributed by atoms with E-state index in [0.29, 0.717) is 6.54 Å². The molecule has 1 aromatic carbocycles. The lowest BCUT2D eigenvalue weighted by Gasteiger charge is -2.36. The summed E-state index contributed by atoms with van der Waals surface area (Å²) >= 11 is 0. The largest absolute Gasteiger partial charge is 0.497 e. The third-order valence-corrected chi connectivity index (χ3v) is 5.68. The number of methoxy groups -OCH3 is 1. The van der Waals surface area contributed by atoms with Gasteiger partial charge in [-0.25, -0.2) is 0 Å². The Balaban J connectivity index is 1.45. The molecule has 2 aliphatic rings. The Morgan fingerprint density at radius 1 is 1.31 bits per heavy atom. The molecule has 1 aliphatic heterocycles. The smallest absolute Gasteiger partial charge is 0.307 e. The number of hydrogen-bond acceptors (Lipinski definition) is 4. The van der Waals surface area contributed by atoms with Gasteiger partial charge in [0.15, 0.2) is 0 Å². The number of ether oxygens (including phenoxy) is 2. The Morgan fingerprint density at radius 3 is 2.88 bits per heavy atom. The zero-order valence-corrected chi connectivity index (χ0v) is 15.0. The number of nitrogens with one attached hydrogen (secondary N) is 2. The van der Waals surface area contributed by atoms with Crippen LogP contribution in [0.1, 0.15) is 44.2 Å². The zero-order valence-electron chi connectivity index (χ0n) is 15.0. The van der Waals surface area contributed by atoms with E-state index < -0.39 is 5.60 Å². The molecule has 4 rings (SSSR count). The van der Waals surface area contributed by atoms with Gasteiger partial charge < -0.3 is 19.8 Å². The molecule has 0 unspecified atom stereocenters. The molecule has 2 N–H and O–H groups in total. The van der Waals surface area contributed by atoms with Gasteiger partial charge in [0.25, 0.3) is 0 Å². The fourth-order valence-electron chi connectivity index (χ4n) is 4.32. The molecule has 0 radical (unpaired) electrons. The van der Waals surface area contributed by atoms with Crippen LogP contribution in [0.3, 0.4) is 0 Å². The van der Waals surface area contributed by atoms with Gasteiger partial charge in [-0.1, -0.05) is 6.42 Å². The Bertz CT molecular complexity index is 835. The first-order chi connectivity index (χ1) is 12.6. The van der Waals surface area contributed by atoms with Crippen molar-refractivity contribution in [2.75, 3.05) is 7.11 Å². The monoisotopic (exact) mass is 356 g/mol. The van der Waals surface area contributed by atoms with Crippen LogP contribution in [0.25, 0.3) is 10.9 Å². The van der Waals surface area contributed by atoms with Gasteiger partial charge in [-0.2, -0.15) is 0 Å². The fraction of sp³-hybridized carbons (Fsp3) is 0.500. The molecule has 1 aromatic heterocycles. The number of rotatable bonds is 4. The van der Waals surface area contributed by atoms with E-state index in [1.165, 1.54) is 0 Å². The van der Waals surface area contributed by atoms with Gasteiger partial charge in [0.2, 0.25) is 5.91 Å². The van der Waals surface area contributed by atoms with Crippen molar-refractivity contribution in [2.45, 2.75) is 50.7 Å². The van der Waals surface area contributed by atoms with E-state index >= 15 is 0 Å². The number of amides is 1. The molecule has 2 heterocycles. The predicted octanol–water partition coefficient (Wildman–Crippen LogP) is 3.06. The van der Waals surface area contributed by atoms with Crippen LogP contribution in [0, 0.1) is 5.92 Å². The van der Waals surface area contributed by atoms with Crippen LogP contribution in [0.15, 0.2) is 24.3 Å². The molecule has 6 nitrogen and oxygen atoms in total. The molecule has 1 saturated heterocycles. The molecule has 1 spiro atoms. The van der Waals surface area contributed by atoms with E-state index in [1.807, 2.05) is 24.3 Å². The minimum atomic E-state index is -0.576. The first-order valence-corrected chi connectivity index (χ1v) is 9.25. The number of aromatic amines is 1. The highest BCUT2D eigenvalue weighted by molar-refractivity contribution is 5.88. The lowest BCUT2D eigenvalue weighted by Crippen LogP contribution is -2.45. The Labute approximate surface area is 152 Å². The number of benzene rings is 1.